The lowest BCUT2D eigenvalue weighted by molar-refractivity contribution is 0.578. The summed E-state index contributed by atoms with van der Waals surface area (Å²) in [5.41, 5.74) is 0.780. The summed E-state index contributed by atoms with van der Waals surface area (Å²) in [7, 11) is 0. The third-order valence-corrected chi connectivity index (χ3v) is 3.88. The second kappa shape index (κ2) is 5.87. The zero-order chi connectivity index (χ0) is 12.1. The Hall–Kier alpha value is -1.29. The molecular weight excluding hydrogens is 232 g/mol. The summed E-state index contributed by atoms with van der Waals surface area (Å²) in [4.78, 5) is 0. The molecular formula is C13H16N2OS. The van der Waals surface area contributed by atoms with Crippen molar-refractivity contribution in [2.45, 2.75) is 25.3 Å². The molecule has 0 saturated heterocycles. The predicted octanol–water partition coefficient (Wildman–Crippen LogP) is 3.87. The minimum Gasteiger partial charge on any atom is -0.463 e. The first kappa shape index (κ1) is 12.2. The van der Waals surface area contributed by atoms with E-state index in [0.717, 1.165) is 22.2 Å². The van der Waals surface area contributed by atoms with Gasteiger partial charge in [-0.15, -0.1) is 22.0 Å². The Morgan fingerprint density at radius 1 is 1.29 bits per heavy atom. The average molecular weight is 248 g/mol. The molecule has 0 aromatic carbocycles. The van der Waals surface area contributed by atoms with Gasteiger partial charge in [-0.2, -0.15) is 0 Å². The van der Waals surface area contributed by atoms with Gasteiger partial charge >= 0.3 is 0 Å². The SMILES string of the molecule is CC[C@H](C)CSc1ccc(-c2ccco2)nn1. The van der Waals surface area contributed by atoms with Crippen molar-refractivity contribution < 1.29 is 4.42 Å². The van der Waals surface area contributed by atoms with Crippen LogP contribution in [0.15, 0.2) is 40.0 Å². The Morgan fingerprint density at radius 2 is 2.18 bits per heavy atom. The van der Waals surface area contributed by atoms with Gasteiger partial charge in [0, 0.05) is 5.75 Å². The molecule has 0 spiro atoms. The summed E-state index contributed by atoms with van der Waals surface area (Å²) in [5.74, 6) is 2.56. The van der Waals surface area contributed by atoms with Gasteiger partial charge in [0.25, 0.3) is 0 Å². The molecule has 0 radical (unpaired) electrons. The molecule has 1 atom stereocenters. The molecule has 0 aliphatic carbocycles. The van der Waals surface area contributed by atoms with Crippen LogP contribution in [0.5, 0.6) is 0 Å². The second-order valence-electron chi connectivity index (χ2n) is 4.06. The highest BCUT2D eigenvalue weighted by atomic mass is 32.2. The Kier molecular flexibility index (Phi) is 4.20. The van der Waals surface area contributed by atoms with Crippen LogP contribution in [0.3, 0.4) is 0 Å². The van der Waals surface area contributed by atoms with Crippen LogP contribution in [-0.2, 0) is 0 Å². The summed E-state index contributed by atoms with van der Waals surface area (Å²) in [6.07, 6.45) is 2.84. The lowest BCUT2D eigenvalue weighted by Gasteiger charge is -2.06. The van der Waals surface area contributed by atoms with Gasteiger partial charge in [0.2, 0.25) is 0 Å². The average Bonchev–Trinajstić information content (AvgIpc) is 2.90. The Morgan fingerprint density at radius 3 is 2.76 bits per heavy atom. The molecule has 0 aliphatic rings. The molecule has 0 fully saturated rings. The largest absolute Gasteiger partial charge is 0.463 e. The monoisotopic (exact) mass is 248 g/mol. The van der Waals surface area contributed by atoms with Gasteiger partial charge in [-0.1, -0.05) is 20.3 Å². The van der Waals surface area contributed by atoms with Gasteiger partial charge in [-0.25, -0.2) is 0 Å². The van der Waals surface area contributed by atoms with Gasteiger partial charge in [0.15, 0.2) is 5.76 Å². The lowest BCUT2D eigenvalue weighted by Crippen LogP contribution is -1.96. The topological polar surface area (TPSA) is 38.9 Å². The number of furan rings is 1. The van der Waals surface area contributed by atoms with Crippen LogP contribution in [-0.4, -0.2) is 16.0 Å². The quantitative estimate of drug-likeness (QED) is 0.753. The fourth-order valence-corrected chi connectivity index (χ4v) is 2.25. The predicted molar refractivity (Wildman–Crippen MR) is 69.9 cm³/mol. The van der Waals surface area contributed by atoms with Crippen molar-refractivity contribution in [3.05, 3.63) is 30.5 Å². The van der Waals surface area contributed by atoms with E-state index in [0.29, 0.717) is 5.92 Å². The van der Waals surface area contributed by atoms with Gasteiger partial charge in [-0.3, -0.25) is 0 Å². The zero-order valence-electron chi connectivity index (χ0n) is 10.1. The third kappa shape index (κ3) is 3.33. The van der Waals surface area contributed by atoms with E-state index in [9.17, 15) is 0 Å². The number of thioether (sulfide) groups is 1. The molecule has 2 aromatic rings. The maximum Gasteiger partial charge on any atom is 0.154 e. The number of hydrogen-bond donors (Lipinski definition) is 0. The second-order valence-corrected chi connectivity index (χ2v) is 5.10. The van der Waals surface area contributed by atoms with Gasteiger partial charge in [-0.05, 0) is 30.2 Å². The Labute approximate surface area is 106 Å². The molecule has 2 rings (SSSR count). The van der Waals surface area contributed by atoms with E-state index in [4.69, 9.17) is 4.42 Å². The molecule has 0 saturated carbocycles. The lowest BCUT2D eigenvalue weighted by atomic mass is 10.2. The number of rotatable bonds is 5. The van der Waals surface area contributed by atoms with Crippen LogP contribution in [0.2, 0.25) is 0 Å². The first-order chi connectivity index (χ1) is 8.29. The maximum atomic E-state index is 5.27. The van der Waals surface area contributed by atoms with Gasteiger partial charge in [0.05, 0.1) is 6.26 Å². The Balaban J connectivity index is 1.99. The van der Waals surface area contributed by atoms with Crippen LogP contribution < -0.4 is 0 Å². The molecule has 0 N–H and O–H groups in total. The fraction of sp³-hybridized carbons (Fsp3) is 0.385. The van der Waals surface area contributed by atoms with Crippen LogP contribution in [0.25, 0.3) is 11.5 Å². The summed E-state index contributed by atoms with van der Waals surface area (Å²) >= 11 is 1.75. The van der Waals surface area contributed by atoms with Crippen molar-refractivity contribution in [2.75, 3.05) is 5.75 Å². The fourth-order valence-electron chi connectivity index (χ4n) is 1.30. The Bertz CT molecular complexity index is 439. The zero-order valence-corrected chi connectivity index (χ0v) is 10.9. The van der Waals surface area contributed by atoms with Crippen LogP contribution in [0.1, 0.15) is 20.3 Å². The van der Waals surface area contributed by atoms with Crippen LogP contribution >= 0.6 is 11.8 Å². The van der Waals surface area contributed by atoms with Gasteiger partial charge < -0.3 is 4.42 Å². The van der Waals surface area contributed by atoms with Crippen molar-refractivity contribution >= 4 is 11.8 Å². The van der Waals surface area contributed by atoms with E-state index < -0.39 is 0 Å². The minimum absolute atomic E-state index is 0.714. The molecule has 3 nitrogen and oxygen atoms in total. The molecule has 2 aromatic heterocycles. The third-order valence-electron chi connectivity index (χ3n) is 2.63. The first-order valence-corrected chi connectivity index (χ1v) is 6.78. The van der Waals surface area contributed by atoms with Crippen LogP contribution in [0.4, 0.5) is 0 Å². The highest BCUT2D eigenvalue weighted by Crippen LogP contribution is 2.22. The highest BCUT2D eigenvalue weighted by molar-refractivity contribution is 7.99. The summed E-state index contributed by atoms with van der Waals surface area (Å²) in [5, 5.41) is 9.33. The van der Waals surface area contributed by atoms with Gasteiger partial charge in [0.1, 0.15) is 10.7 Å². The molecule has 17 heavy (non-hydrogen) atoms. The standard InChI is InChI=1S/C13H16N2OS/c1-3-10(2)9-17-13-7-6-11(14-15-13)12-5-4-8-16-12/h4-8,10H,3,9H2,1-2H3/t10-/m0/s1. The summed E-state index contributed by atoms with van der Waals surface area (Å²) in [6.45, 7) is 4.45. The molecule has 0 aliphatic heterocycles. The maximum absolute atomic E-state index is 5.27. The summed E-state index contributed by atoms with van der Waals surface area (Å²) < 4.78 is 5.27. The van der Waals surface area contributed by atoms with E-state index in [-0.39, 0.29) is 0 Å². The molecule has 4 heteroatoms. The normalized spacial score (nSPS) is 12.6. The molecule has 0 bridgehead atoms. The number of hydrogen-bond acceptors (Lipinski definition) is 4. The van der Waals surface area contributed by atoms with Crippen molar-refractivity contribution in [3.8, 4) is 11.5 Å². The first-order valence-electron chi connectivity index (χ1n) is 5.80. The van der Waals surface area contributed by atoms with E-state index in [1.54, 1.807) is 18.0 Å². The van der Waals surface area contributed by atoms with E-state index in [1.165, 1.54) is 6.42 Å². The van der Waals surface area contributed by atoms with Crippen LogP contribution in [0, 0.1) is 5.92 Å². The minimum atomic E-state index is 0.714. The number of nitrogens with zero attached hydrogens (tertiary/aromatic N) is 2. The molecule has 0 amide bonds. The molecule has 2 heterocycles. The summed E-state index contributed by atoms with van der Waals surface area (Å²) in [6, 6.07) is 7.68. The van der Waals surface area contributed by atoms with E-state index >= 15 is 0 Å². The van der Waals surface area contributed by atoms with Crippen molar-refractivity contribution in [1.29, 1.82) is 0 Å². The van der Waals surface area contributed by atoms with Crippen molar-refractivity contribution in [2.24, 2.45) is 5.92 Å². The smallest absolute Gasteiger partial charge is 0.154 e. The number of aromatic nitrogens is 2. The van der Waals surface area contributed by atoms with E-state index in [1.807, 2.05) is 24.3 Å². The highest BCUT2D eigenvalue weighted by Gasteiger charge is 2.05. The molecule has 0 unspecified atom stereocenters. The molecule has 90 valence electrons. The van der Waals surface area contributed by atoms with Crippen molar-refractivity contribution in [3.63, 3.8) is 0 Å². The van der Waals surface area contributed by atoms with Crippen molar-refractivity contribution in [1.82, 2.24) is 10.2 Å². The van der Waals surface area contributed by atoms with E-state index in [2.05, 4.69) is 24.0 Å².